The number of rotatable bonds is 8. The van der Waals surface area contributed by atoms with E-state index in [9.17, 15) is 0 Å². The van der Waals surface area contributed by atoms with Crippen LogP contribution in [0.3, 0.4) is 0 Å². The van der Waals surface area contributed by atoms with Gasteiger partial charge in [-0.15, -0.1) is 0 Å². The van der Waals surface area contributed by atoms with Crippen LogP contribution in [0.15, 0.2) is 30.3 Å². The fraction of sp³-hybridized carbons (Fsp3) is 0.571. The van der Waals surface area contributed by atoms with Gasteiger partial charge in [0.25, 0.3) is 0 Å². The smallest absolute Gasteiger partial charge is 0.163 e. The van der Waals surface area contributed by atoms with Gasteiger partial charge in [0.1, 0.15) is 6.61 Å². The number of ether oxygens (including phenoxy) is 2. The Morgan fingerprint density at radius 2 is 1.53 bits per heavy atom. The molecule has 0 heterocycles. The van der Waals surface area contributed by atoms with Gasteiger partial charge in [0, 0.05) is 38.8 Å². The van der Waals surface area contributed by atoms with Crippen molar-refractivity contribution in [2.45, 2.75) is 78.0 Å². The van der Waals surface area contributed by atoms with Crippen LogP contribution in [0, 0.1) is 16.7 Å². The topological polar surface area (TPSA) is 30.5 Å². The summed E-state index contributed by atoms with van der Waals surface area (Å²) in [6.45, 7) is 8.58. The van der Waals surface area contributed by atoms with E-state index in [1.807, 2.05) is 31.2 Å². The second kappa shape index (κ2) is 9.07. The summed E-state index contributed by atoms with van der Waals surface area (Å²) < 4.78 is 12.0. The van der Waals surface area contributed by atoms with Crippen LogP contribution >= 0.6 is 34.8 Å². The van der Waals surface area contributed by atoms with Crippen LogP contribution in [0.4, 0.5) is 0 Å². The Labute approximate surface area is 218 Å². The zero-order chi connectivity index (χ0) is 24.1. The Kier molecular flexibility index (Phi) is 6.55. The van der Waals surface area contributed by atoms with Crippen LogP contribution in [-0.4, -0.2) is 12.1 Å². The van der Waals surface area contributed by atoms with Crippen molar-refractivity contribution in [1.29, 1.82) is 0 Å². The molecule has 0 spiro atoms. The molecule has 2 aromatic rings. The highest BCUT2D eigenvalue weighted by atomic mass is 35.5. The van der Waals surface area contributed by atoms with Gasteiger partial charge in [-0.2, -0.15) is 0 Å². The Morgan fingerprint density at radius 3 is 2.18 bits per heavy atom. The average Bonchev–Trinajstić information content (AvgIpc) is 2.71. The first-order valence-corrected chi connectivity index (χ1v) is 13.5. The molecule has 4 fully saturated rings. The van der Waals surface area contributed by atoms with Gasteiger partial charge in [0.15, 0.2) is 11.5 Å². The summed E-state index contributed by atoms with van der Waals surface area (Å²) in [5.74, 6) is 2.18. The lowest BCUT2D eigenvalue weighted by atomic mass is 9.43. The van der Waals surface area contributed by atoms with Crippen molar-refractivity contribution in [3.63, 3.8) is 0 Å². The summed E-state index contributed by atoms with van der Waals surface area (Å²) in [4.78, 5) is 0. The molecular formula is C28H34Cl3NO2. The van der Waals surface area contributed by atoms with Gasteiger partial charge in [-0.25, -0.2) is 0 Å². The van der Waals surface area contributed by atoms with Crippen molar-refractivity contribution in [2.24, 2.45) is 16.7 Å². The molecule has 1 N–H and O–H groups in total. The van der Waals surface area contributed by atoms with Crippen molar-refractivity contribution >= 4 is 34.8 Å². The van der Waals surface area contributed by atoms with Crippen LogP contribution in [-0.2, 0) is 13.2 Å². The van der Waals surface area contributed by atoms with Crippen LogP contribution in [0.2, 0.25) is 15.1 Å². The first-order chi connectivity index (χ1) is 16.1. The predicted octanol–water partition coefficient (Wildman–Crippen LogP) is 8.46. The Hall–Kier alpha value is -1.13. The molecule has 0 amide bonds. The lowest BCUT2D eigenvalue weighted by molar-refractivity contribution is -0.118. The van der Waals surface area contributed by atoms with E-state index in [2.05, 4.69) is 19.2 Å². The molecule has 184 valence electrons. The van der Waals surface area contributed by atoms with Crippen molar-refractivity contribution in [3.05, 3.63) is 56.5 Å². The van der Waals surface area contributed by atoms with E-state index in [0.717, 1.165) is 23.6 Å². The minimum absolute atomic E-state index is 0.221. The summed E-state index contributed by atoms with van der Waals surface area (Å²) in [6.07, 6.45) is 7.99. The molecule has 2 atom stereocenters. The highest BCUT2D eigenvalue weighted by Crippen LogP contribution is 2.66. The third-order valence-corrected chi connectivity index (χ3v) is 9.03. The fourth-order valence-electron chi connectivity index (χ4n) is 7.82. The van der Waals surface area contributed by atoms with E-state index in [0.29, 0.717) is 50.6 Å². The van der Waals surface area contributed by atoms with Gasteiger partial charge >= 0.3 is 0 Å². The quantitative estimate of drug-likeness (QED) is 0.377. The maximum absolute atomic E-state index is 6.76. The molecule has 34 heavy (non-hydrogen) atoms. The average molecular weight is 523 g/mol. The van der Waals surface area contributed by atoms with Crippen molar-refractivity contribution < 1.29 is 9.47 Å². The first-order valence-electron chi connectivity index (χ1n) is 12.4. The lowest BCUT2D eigenvalue weighted by Crippen LogP contribution is -2.63. The molecule has 0 radical (unpaired) electrons. The standard InChI is InChI=1S/C28H34Cl3NO2/c1-4-33-24-7-20(23(31)9-25(24)34-14-19-5-6-21(29)8-22(19)30)13-32-28-12-18-10-26(2,16-28)15-27(3,11-18)17-28/h5-9,18,32H,4,10-17H2,1-3H3. The Balaban J connectivity index is 1.32. The molecule has 0 aromatic heterocycles. The fourth-order valence-corrected chi connectivity index (χ4v) is 8.50. The number of hydrogen-bond acceptors (Lipinski definition) is 3. The van der Waals surface area contributed by atoms with Gasteiger partial charge in [-0.1, -0.05) is 54.7 Å². The van der Waals surface area contributed by atoms with E-state index in [1.165, 1.54) is 38.5 Å². The number of benzene rings is 2. The van der Waals surface area contributed by atoms with E-state index < -0.39 is 0 Å². The maximum atomic E-state index is 6.76. The molecule has 6 rings (SSSR count). The van der Waals surface area contributed by atoms with Crippen LogP contribution in [0.1, 0.15) is 70.4 Å². The van der Waals surface area contributed by atoms with Crippen molar-refractivity contribution in [3.8, 4) is 11.5 Å². The Bertz CT molecular complexity index is 1070. The highest BCUT2D eigenvalue weighted by Gasteiger charge is 2.59. The van der Waals surface area contributed by atoms with Crippen molar-refractivity contribution in [2.75, 3.05) is 6.61 Å². The van der Waals surface area contributed by atoms with Crippen LogP contribution in [0.25, 0.3) is 0 Å². The molecular weight excluding hydrogens is 489 g/mol. The summed E-state index contributed by atoms with van der Waals surface area (Å²) >= 11 is 19.1. The third-order valence-electron chi connectivity index (χ3n) is 8.09. The zero-order valence-electron chi connectivity index (χ0n) is 20.3. The minimum atomic E-state index is 0.221. The zero-order valence-corrected chi connectivity index (χ0v) is 22.5. The molecule has 4 aliphatic rings. The molecule has 3 nitrogen and oxygen atoms in total. The van der Waals surface area contributed by atoms with Crippen LogP contribution in [0.5, 0.6) is 11.5 Å². The summed E-state index contributed by atoms with van der Waals surface area (Å²) in [7, 11) is 0. The molecule has 2 unspecified atom stereocenters. The summed E-state index contributed by atoms with van der Waals surface area (Å²) in [6, 6.07) is 9.30. The monoisotopic (exact) mass is 521 g/mol. The van der Waals surface area contributed by atoms with Crippen molar-refractivity contribution in [1.82, 2.24) is 5.32 Å². The lowest BCUT2D eigenvalue weighted by Gasteiger charge is -2.65. The first kappa shape index (κ1) is 24.6. The molecule has 6 heteroatoms. The van der Waals surface area contributed by atoms with Gasteiger partial charge in [0.05, 0.1) is 6.61 Å². The number of hydrogen-bond donors (Lipinski definition) is 1. The molecule has 4 aliphatic carbocycles. The summed E-state index contributed by atoms with van der Waals surface area (Å²) in [5.41, 5.74) is 3.08. The van der Waals surface area contributed by atoms with Gasteiger partial charge < -0.3 is 14.8 Å². The van der Waals surface area contributed by atoms with E-state index in [1.54, 1.807) is 6.07 Å². The van der Waals surface area contributed by atoms with E-state index in [-0.39, 0.29) is 5.54 Å². The number of nitrogens with one attached hydrogen (secondary N) is 1. The normalized spacial score (nSPS) is 31.6. The molecule has 0 saturated heterocycles. The Morgan fingerprint density at radius 1 is 0.853 bits per heavy atom. The SMILES string of the molecule is CCOc1cc(CNC23CC4CC(C)(CC(C)(C4)C2)C3)c(Cl)cc1OCc1ccc(Cl)cc1Cl. The third kappa shape index (κ3) is 4.91. The summed E-state index contributed by atoms with van der Waals surface area (Å²) in [5, 5.41) is 5.86. The number of halogens is 3. The van der Waals surface area contributed by atoms with Gasteiger partial charge in [-0.05, 0) is 86.0 Å². The molecule has 0 aliphatic heterocycles. The predicted molar refractivity (Wildman–Crippen MR) is 140 cm³/mol. The van der Waals surface area contributed by atoms with Gasteiger partial charge in [-0.3, -0.25) is 0 Å². The van der Waals surface area contributed by atoms with E-state index in [4.69, 9.17) is 44.3 Å². The van der Waals surface area contributed by atoms with E-state index >= 15 is 0 Å². The second-order valence-corrected chi connectivity index (χ2v) is 12.9. The largest absolute Gasteiger partial charge is 0.490 e. The molecule has 4 bridgehead atoms. The minimum Gasteiger partial charge on any atom is -0.490 e. The molecule has 2 aromatic carbocycles. The van der Waals surface area contributed by atoms with Gasteiger partial charge in [0.2, 0.25) is 0 Å². The highest BCUT2D eigenvalue weighted by molar-refractivity contribution is 6.35. The maximum Gasteiger partial charge on any atom is 0.163 e. The van der Waals surface area contributed by atoms with Crippen LogP contribution < -0.4 is 14.8 Å². The molecule has 4 saturated carbocycles. The second-order valence-electron chi connectivity index (χ2n) is 11.6.